The molecule has 1 aliphatic rings. The van der Waals surface area contributed by atoms with Gasteiger partial charge in [-0.25, -0.2) is 4.39 Å². The van der Waals surface area contributed by atoms with Crippen LogP contribution in [-0.4, -0.2) is 17.6 Å². The molecule has 1 aliphatic carbocycles. The zero-order valence-corrected chi connectivity index (χ0v) is 11.1. The van der Waals surface area contributed by atoms with Crippen molar-refractivity contribution in [2.24, 2.45) is 16.3 Å². The molecule has 4 N–H and O–H groups in total. The average Bonchev–Trinajstić information content (AvgIpc) is 3.16. The second-order valence-electron chi connectivity index (χ2n) is 5.43. The first-order valence-corrected chi connectivity index (χ1v) is 6.50. The largest absolute Gasteiger partial charge is 0.409 e. The third-order valence-corrected chi connectivity index (χ3v) is 3.77. The minimum Gasteiger partial charge on any atom is -0.409 e. The fraction of sp³-hybridized carbons (Fsp3) is 0.500. The SMILES string of the molecule is CC(NCC1(CC(N)=NO)CC1)c1cccc(F)c1. The molecule has 19 heavy (non-hydrogen) atoms. The van der Waals surface area contributed by atoms with Gasteiger partial charge in [0.1, 0.15) is 11.7 Å². The summed E-state index contributed by atoms with van der Waals surface area (Å²) in [5, 5.41) is 15.0. The number of hydrogen-bond donors (Lipinski definition) is 3. The van der Waals surface area contributed by atoms with Gasteiger partial charge in [-0.1, -0.05) is 17.3 Å². The minimum atomic E-state index is -0.219. The van der Waals surface area contributed by atoms with Gasteiger partial charge in [0.2, 0.25) is 0 Å². The molecular formula is C14H20FN3O. The van der Waals surface area contributed by atoms with Gasteiger partial charge in [-0.2, -0.15) is 0 Å². The molecule has 1 unspecified atom stereocenters. The second-order valence-corrected chi connectivity index (χ2v) is 5.43. The van der Waals surface area contributed by atoms with Crippen molar-refractivity contribution in [3.05, 3.63) is 35.6 Å². The summed E-state index contributed by atoms with van der Waals surface area (Å²) >= 11 is 0. The van der Waals surface area contributed by atoms with Crippen molar-refractivity contribution in [2.75, 3.05) is 6.54 Å². The predicted octanol–water partition coefficient (Wildman–Crippen LogP) is 2.39. The summed E-state index contributed by atoms with van der Waals surface area (Å²) in [6.45, 7) is 2.80. The number of amidine groups is 1. The van der Waals surface area contributed by atoms with Gasteiger partial charge in [0.05, 0.1) is 0 Å². The van der Waals surface area contributed by atoms with Gasteiger partial charge in [-0.05, 0) is 42.9 Å². The van der Waals surface area contributed by atoms with Crippen LogP contribution in [0.15, 0.2) is 29.4 Å². The highest BCUT2D eigenvalue weighted by molar-refractivity contribution is 5.80. The first-order chi connectivity index (χ1) is 9.04. The van der Waals surface area contributed by atoms with E-state index in [1.807, 2.05) is 13.0 Å². The number of benzene rings is 1. The van der Waals surface area contributed by atoms with Crippen LogP contribution < -0.4 is 11.1 Å². The lowest BCUT2D eigenvalue weighted by Crippen LogP contribution is -2.30. The van der Waals surface area contributed by atoms with Crippen LogP contribution in [0.25, 0.3) is 0 Å². The smallest absolute Gasteiger partial charge is 0.139 e. The van der Waals surface area contributed by atoms with E-state index in [0.717, 1.165) is 24.9 Å². The summed E-state index contributed by atoms with van der Waals surface area (Å²) in [4.78, 5) is 0. The Morgan fingerprint density at radius 1 is 1.58 bits per heavy atom. The van der Waals surface area contributed by atoms with Crippen LogP contribution >= 0.6 is 0 Å². The van der Waals surface area contributed by atoms with E-state index in [2.05, 4.69) is 10.5 Å². The Labute approximate surface area is 112 Å². The third-order valence-electron chi connectivity index (χ3n) is 3.77. The van der Waals surface area contributed by atoms with Crippen molar-refractivity contribution in [3.8, 4) is 0 Å². The van der Waals surface area contributed by atoms with Crippen LogP contribution in [0, 0.1) is 11.2 Å². The van der Waals surface area contributed by atoms with Crippen LogP contribution in [0.3, 0.4) is 0 Å². The maximum Gasteiger partial charge on any atom is 0.139 e. The van der Waals surface area contributed by atoms with Crippen molar-refractivity contribution in [2.45, 2.75) is 32.2 Å². The lowest BCUT2D eigenvalue weighted by atomic mass is 10.0. The molecule has 1 aromatic carbocycles. The number of nitrogens with two attached hydrogens (primary N) is 1. The van der Waals surface area contributed by atoms with Gasteiger partial charge in [0.15, 0.2) is 0 Å². The van der Waals surface area contributed by atoms with E-state index < -0.39 is 0 Å². The van der Waals surface area contributed by atoms with Crippen LogP contribution in [0.4, 0.5) is 4.39 Å². The maximum absolute atomic E-state index is 13.1. The fourth-order valence-electron chi connectivity index (χ4n) is 2.28. The molecule has 0 heterocycles. The Morgan fingerprint density at radius 2 is 2.32 bits per heavy atom. The van der Waals surface area contributed by atoms with E-state index in [-0.39, 0.29) is 23.1 Å². The molecule has 0 spiro atoms. The van der Waals surface area contributed by atoms with Crippen molar-refractivity contribution in [3.63, 3.8) is 0 Å². The van der Waals surface area contributed by atoms with Crippen molar-refractivity contribution >= 4 is 5.84 Å². The molecule has 1 atom stereocenters. The third kappa shape index (κ3) is 3.67. The average molecular weight is 265 g/mol. The number of halogens is 1. The van der Waals surface area contributed by atoms with Crippen molar-refractivity contribution in [1.82, 2.24) is 5.32 Å². The molecule has 4 nitrogen and oxygen atoms in total. The lowest BCUT2D eigenvalue weighted by Gasteiger charge is -2.20. The zero-order chi connectivity index (χ0) is 13.9. The molecule has 0 aromatic heterocycles. The Balaban J connectivity index is 1.89. The lowest BCUT2D eigenvalue weighted by molar-refractivity contribution is 0.313. The molecule has 1 fully saturated rings. The van der Waals surface area contributed by atoms with Gasteiger partial charge < -0.3 is 16.3 Å². The van der Waals surface area contributed by atoms with Crippen LogP contribution in [-0.2, 0) is 0 Å². The van der Waals surface area contributed by atoms with Gasteiger partial charge in [-0.3, -0.25) is 0 Å². The summed E-state index contributed by atoms with van der Waals surface area (Å²) < 4.78 is 13.1. The highest BCUT2D eigenvalue weighted by Crippen LogP contribution is 2.48. The topological polar surface area (TPSA) is 70.6 Å². The van der Waals surface area contributed by atoms with Crippen LogP contribution in [0.5, 0.6) is 0 Å². The molecule has 1 aromatic rings. The summed E-state index contributed by atoms with van der Waals surface area (Å²) in [5.74, 6) is 0.0571. The first-order valence-electron chi connectivity index (χ1n) is 6.50. The quantitative estimate of drug-likeness (QED) is 0.320. The highest BCUT2D eigenvalue weighted by atomic mass is 19.1. The normalized spacial score (nSPS) is 19.2. The predicted molar refractivity (Wildman–Crippen MR) is 72.5 cm³/mol. The summed E-state index contributed by atoms with van der Waals surface area (Å²) in [7, 11) is 0. The van der Waals surface area contributed by atoms with Crippen molar-refractivity contribution < 1.29 is 9.60 Å². The first kappa shape index (κ1) is 13.8. The number of hydrogen-bond acceptors (Lipinski definition) is 3. The Hall–Kier alpha value is -1.62. The summed E-state index contributed by atoms with van der Waals surface area (Å²) in [5.41, 5.74) is 6.60. The van der Waals surface area contributed by atoms with E-state index in [0.29, 0.717) is 6.42 Å². The molecule has 2 rings (SSSR count). The molecular weight excluding hydrogens is 245 g/mol. The number of nitrogens with one attached hydrogen (secondary N) is 1. The fourth-order valence-corrected chi connectivity index (χ4v) is 2.28. The molecule has 104 valence electrons. The highest BCUT2D eigenvalue weighted by Gasteiger charge is 2.43. The van der Waals surface area contributed by atoms with E-state index in [9.17, 15) is 4.39 Å². The van der Waals surface area contributed by atoms with Crippen LogP contribution in [0.1, 0.15) is 37.8 Å². The molecule has 0 radical (unpaired) electrons. The zero-order valence-electron chi connectivity index (χ0n) is 11.1. The number of oxime groups is 1. The molecule has 5 heteroatoms. The van der Waals surface area contributed by atoms with E-state index >= 15 is 0 Å². The van der Waals surface area contributed by atoms with Gasteiger partial charge in [0, 0.05) is 19.0 Å². The molecule has 0 saturated heterocycles. The molecule has 1 saturated carbocycles. The Kier molecular flexibility index (Phi) is 4.04. The summed E-state index contributed by atoms with van der Waals surface area (Å²) in [6.07, 6.45) is 2.75. The van der Waals surface area contributed by atoms with Gasteiger partial charge >= 0.3 is 0 Å². The summed E-state index contributed by atoms with van der Waals surface area (Å²) in [6, 6.07) is 6.69. The Morgan fingerprint density at radius 3 is 2.89 bits per heavy atom. The van der Waals surface area contributed by atoms with Gasteiger partial charge in [-0.15, -0.1) is 0 Å². The second kappa shape index (κ2) is 5.57. The van der Waals surface area contributed by atoms with Crippen LogP contribution in [0.2, 0.25) is 0 Å². The minimum absolute atomic E-state index is 0.0838. The van der Waals surface area contributed by atoms with Gasteiger partial charge in [0.25, 0.3) is 0 Å². The molecule has 0 amide bonds. The van der Waals surface area contributed by atoms with E-state index in [4.69, 9.17) is 10.9 Å². The number of rotatable bonds is 6. The number of nitrogens with zero attached hydrogens (tertiary/aromatic N) is 1. The Bertz CT molecular complexity index is 472. The maximum atomic E-state index is 13.1. The van der Waals surface area contributed by atoms with E-state index in [1.54, 1.807) is 12.1 Å². The monoisotopic (exact) mass is 265 g/mol. The van der Waals surface area contributed by atoms with E-state index in [1.165, 1.54) is 6.07 Å². The molecule has 0 bridgehead atoms. The van der Waals surface area contributed by atoms with Crippen molar-refractivity contribution in [1.29, 1.82) is 0 Å². The standard InChI is InChI=1S/C14H20FN3O/c1-10(11-3-2-4-12(15)7-11)17-9-14(5-6-14)8-13(16)18-19/h2-4,7,10,17,19H,5-6,8-9H2,1H3,(H2,16,18). The molecule has 0 aliphatic heterocycles.